The number of nitrogens with zero attached hydrogens (tertiary/aromatic N) is 1. The molecule has 2 rings (SSSR count). The molecule has 29 heavy (non-hydrogen) atoms. The Labute approximate surface area is 171 Å². The van der Waals surface area contributed by atoms with E-state index in [1.54, 1.807) is 4.90 Å². The fourth-order valence-electron chi connectivity index (χ4n) is 2.88. The van der Waals surface area contributed by atoms with Gasteiger partial charge in [0.15, 0.2) is 6.61 Å². The van der Waals surface area contributed by atoms with E-state index in [1.165, 1.54) is 24.3 Å². The van der Waals surface area contributed by atoms with Gasteiger partial charge in [-0.3, -0.25) is 9.59 Å². The molecule has 0 saturated carbocycles. The summed E-state index contributed by atoms with van der Waals surface area (Å²) >= 11 is 0. The van der Waals surface area contributed by atoms with Crippen LogP contribution < -0.4 is 10.1 Å². The van der Waals surface area contributed by atoms with E-state index < -0.39 is 6.04 Å². The van der Waals surface area contributed by atoms with Gasteiger partial charge in [0.25, 0.3) is 5.91 Å². The molecule has 0 unspecified atom stereocenters. The van der Waals surface area contributed by atoms with E-state index >= 15 is 0 Å². The maximum atomic E-state index is 13.1. The molecule has 0 aliphatic heterocycles. The normalized spacial score (nSPS) is 11.8. The van der Waals surface area contributed by atoms with Crippen molar-refractivity contribution >= 4 is 11.8 Å². The molecule has 0 aliphatic rings. The molecule has 0 radical (unpaired) electrons. The molecule has 0 spiro atoms. The van der Waals surface area contributed by atoms with Crippen molar-refractivity contribution in [1.82, 2.24) is 10.2 Å². The van der Waals surface area contributed by atoms with Crippen LogP contribution in [0.4, 0.5) is 4.39 Å². The zero-order valence-electron chi connectivity index (χ0n) is 17.2. The van der Waals surface area contributed by atoms with E-state index in [0.717, 1.165) is 5.56 Å². The number of carbonyl (C=O) groups excluding carboxylic acids is 2. The lowest BCUT2D eigenvalue weighted by Crippen LogP contribution is -2.50. The minimum Gasteiger partial charge on any atom is -0.484 e. The lowest BCUT2D eigenvalue weighted by Gasteiger charge is -2.30. The zero-order valence-corrected chi connectivity index (χ0v) is 17.2. The lowest BCUT2D eigenvalue weighted by atomic mass is 10.1. The highest BCUT2D eigenvalue weighted by atomic mass is 19.1. The molecule has 0 fully saturated rings. The number of halogens is 1. The van der Waals surface area contributed by atoms with Crippen LogP contribution in [0.3, 0.4) is 0 Å². The number of carbonyl (C=O) groups is 2. The smallest absolute Gasteiger partial charge is 0.261 e. The lowest BCUT2D eigenvalue weighted by molar-refractivity contribution is -0.143. The molecule has 156 valence electrons. The number of nitrogens with one attached hydrogen (secondary N) is 1. The molecule has 1 N–H and O–H groups in total. The molecule has 0 heterocycles. The molecule has 0 saturated heterocycles. The second-order valence-electron chi connectivity index (χ2n) is 7.31. The van der Waals surface area contributed by atoms with Crippen molar-refractivity contribution in [2.45, 2.75) is 39.8 Å². The van der Waals surface area contributed by atoms with Gasteiger partial charge >= 0.3 is 0 Å². The Balaban J connectivity index is 2.14. The van der Waals surface area contributed by atoms with Crippen LogP contribution in [0.15, 0.2) is 54.6 Å². The van der Waals surface area contributed by atoms with Gasteiger partial charge in [-0.1, -0.05) is 51.1 Å². The van der Waals surface area contributed by atoms with E-state index in [2.05, 4.69) is 5.32 Å². The summed E-state index contributed by atoms with van der Waals surface area (Å²) in [5.74, 6) is -0.132. The quantitative estimate of drug-likeness (QED) is 0.660. The number of amides is 2. The van der Waals surface area contributed by atoms with Crippen molar-refractivity contribution < 1.29 is 18.7 Å². The first-order valence-electron chi connectivity index (χ1n) is 9.90. The van der Waals surface area contributed by atoms with Crippen molar-refractivity contribution in [1.29, 1.82) is 0 Å². The molecule has 0 bridgehead atoms. The van der Waals surface area contributed by atoms with Crippen LogP contribution in [0.1, 0.15) is 32.8 Å². The minimum absolute atomic E-state index is 0.174. The molecule has 2 aromatic carbocycles. The van der Waals surface area contributed by atoms with Gasteiger partial charge in [0.1, 0.15) is 17.6 Å². The molecule has 0 aromatic heterocycles. The van der Waals surface area contributed by atoms with Gasteiger partial charge in [-0.2, -0.15) is 0 Å². The van der Waals surface area contributed by atoms with Gasteiger partial charge in [0, 0.05) is 13.1 Å². The maximum absolute atomic E-state index is 13.1. The average molecular weight is 400 g/mol. The summed E-state index contributed by atoms with van der Waals surface area (Å²) in [5.41, 5.74) is 0.928. The van der Waals surface area contributed by atoms with Gasteiger partial charge in [0.05, 0.1) is 0 Å². The van der Waals surface area contributed by atoms with E-state index in [0.29, 0.717) is 31.2 Å². The third-order valence-electron chi connectivity index (χ3n) is 4.44. The average Bonchev–Trinajstić information content (AvgIpc) is 2.72. The predicted molar refractivity (Wildman–Crippen MR) is 111 cm³/mol. The Morgan fingerprint density at radius 3 is 2.31 bits per heavy atom. The van der Waals surface area contributed by atoms with Crippen LogP contribution in [-0.2, 0) is 16.1 Å². The summed E-state index contributed by atoms with van der Waals surface area (Å²) in [6, 6.07) is 14.4. The van der Waals surface area contributed by atoms with Crippen LogP contribution in [-0.4, -0.2) is 35.9 Å². The number of hydrogen-bond acceptors (Lipinski definition) is 3. The van der Waals surface area contributed by atoms with Crippen molar-refractivity contribution in [3.05, 3.63) is 66.0 Å². The van der Waals surface area contributed by atoms with E-state index in [-0.39, 0.29) is 24.2 Å². The molecule has 2 amide bonds. The SMILES string of the molecule is CC[C@@H](C(=O)NCC(C)C)N(Cc1ccccc1)C(=O)COc1ccc(F)cc1. The minimum atomic E-state index is -0.599. The molecule has 0 aliphatic carbocycles. The summed E-state index contributed by atoms with van der Waals surface area (Å²) < 4.78 is 18.6. The predicted octanol–water partition coefficient (Wildman–Crippen LogP) is 3.78. The second-order valence-corrected chi connectivity index (χ2v) is 7.31. The van der Waals surface area contributed by atoms with Gasteiger partial charge in [-0.05, 0) is 42.2 Å². The number of benzene rings is 2. The van der Waals surface area contributed by atoms with Gasteiger partial charge in [0.2, 0.25) is 5.91 Å². The number of hydrogen-bond donors (Lipinski definition) is 1. The molecule has 6 heteroatoms. The Kier molecular flexibility index (Phi) is 8.65. The molecular weight excluding hydrogens is 371 g/mol. The topological polar surface area (TPSA) is 58.6 Å². The standard InChI is InChI=1S/C23H29FN2O3/c1-4-21(23(28)25-14-17(2)3)26(15-18-8-6-5-7-9-18)22(27)16-29-20-12-10-19(24)11-13-20/h5-13,17,21H,4,14-16H2,1-3H3,(H,25,28)/t21-/m0/s1. The van der Waals surface area contributed by atoms with Crippen molar-refractivity contribution in [3.8, 4) is 5.75 Å². The van der Waals surface area contributed by atoms with Crippen LogP contribution in [0.2, 0.25) is 0 Å². The molecule has 5 nitrogen and oxygen atoms in total. The maximum Gasteiger partial charge on any atom is 0.261 e. The zero-order chi connectivity index (χ0) is 21.2. The van der Waals surface area contributed by atoms with E-state index in [4.69, 9.17) is 4.74 Å². The van der Waals surface area contributed by atoms with Crippen molar-refractivity contribution in [3.63, 3.8) is 0 Å². The van der Waals surface area contributed by atoms with Gasteiger partial charge in [-0.15, -0.1) is 0 Å². The molecule has 2 aromatic rings. The largest absolute Gasteiger partial charge is 0.484 e. The summed E-state index contributed by atoms with van der Waals surface area (Å²) in [5, 5.41) is 2.92. The van der Waals surface area contributed by atoms with Crippen LogP contribution in [0.5, 0.6) is 5.75 Å². The Bertz CT molecular complexity index is 778. The second kappa shape index (κ2) is 11.2. The van der Waals surface area contributed by atoms with E-state index in [1.807, 2.05) is 51.1 Å². The molecular formula is C23H29FN2O3. The van der Waals surface area contributed by atoms with E-state index in [9.17, 15) is 14.0 Å². The fraction of sp³-hybridized carbons (Fsp3) is 0.391. The first-order valence-corrected chi connectivity index (χ1v) is 9.90. The van der Waals surface area contributed by atoms with Gasteiger partial charge in [-0.25, -0.2) is 4.39 Å². The Morgan fingerprint density at radius 1 is 1.07 bits per heavy atom. The summed E-state index contributed by atoms with van der Waals surface area (Å²) in [6.07, 6.45) is 0.485. The third-order valence-corrected chi connectivity index (χ3v) is 4.44. The highest BCUT2D eigenvalue weighted by Crippen LogP contribution is 2.15. The monoisotopic (exact) mass is 400 g/mol. The van der Waals surface area contributed by atoms with Crippen molar-refractivity contribution in [2.75, 3.05) is 13.2 Å². The Morgan fingerprint density at radius 2 is 1.72 bits per heavy atom. The highest BCUT2D eigenvalue weighted by Gasteiger charge is 2.28. The summed E-state index contributed by atoms with van der Waals surface area (Å²) in [7, 11) is 0. The fourth-order valence-corrected chi connectivity index (χ4v) is 2.88. The Hall–Kier alpha value is -2.89. The number of ether oxygens (including phenoxy) is 1. The van der Waals surface area contributed by atoms with Crippen LogP contribution in [0, 0.1) is 11.7 Å². The first kappa shape index (κ1) is 22.4. The van der Waals surface area contributed by atoms with Crippen LogP contribution in [0.25, 0.3) is 0 Å². The van der Waals surface area contributed by atoms with Crippen molar-refractivity contribution in [2.24, 2.45) is 5.92 Å². The molecule has 1 atom stereocenters. The van der Waals surface area contributed by atoms with Gasteiger partial charge < -0.3 is 15.0 Å². The summed E-state index contributed by atoms with van der Waals surface area (Å²) in [6.45, 7) is 6.54. The first-order chi connectivity index (χ1) is 13.9. The highest BCUT2D eigenvalue weighted by molar-refractivity contribution is 5.88. The third kappa shape index (κ3) is 7.22. The number of rotatable bonds is 10. The van der Waals surface area contributed by atoms with Crippen LogP contribution >= 0.6 is 0 Å². The summed E-state index contributed by atoms with van der Waals surface area (Å²) in [4.78, 5) is 27.3.